The highest BCUT2D eigenvalue weighted by atomic mass is 35.5. The molecule has 6 nitrogen and oxygen atoms in total. The van der Waals surface area contributed by atoms with Gasteiger partial charge in [0.05, 0.1) is 22.5 Å². The number of rotatable bonds is 7. The van der Waals surface area contributed by atoms with E-state index in [1.54, 1.807) is 12.1 Å². The van der Waals surface area contributed by atoms with Crippen LogP contribution in [0.4, 0.5) is 0 Å². The van der Waals surface area contributed by atoms with Gasteiger partial charge in [0, 0.05) is 13.1 Å². The van der Waals surface area contributed by atoms with Crippen molar-refractivity contribution >= 4 is 47.4 Å². The Morgan fingerprint density at radius 2 is 1.88 bits per heavy atom. The van der Waals surface area contributed by atoms with Crippen molar-refractivity contribution in [2.45, 2.75) is 44.2 Å². The summed E-state index contributed by atoms with van der Waals surface area (Å²) in [5, 5.41) is 0.916. The fraction of sp³-hybridized carbons (Fsp3) is 0.440. The summed E-state index contributed by atoms with van der Waals surface area (Å²) in [5.74, 6) is 0.171. The lowest BCUT2D eigenvalue weighted by Crippen LogP contribution is -2.48. The summed E-state index contributed by atoms with van der Waals surface area (Å²) in [6.45, 7) is 1.93. The van der Waals surface area contributed by atoms with Crippen LogP contribution in [0.2, 0.25) is 10.0 Å². The van der Waals surface area contributed by atoms with Crippen LogP contribution in [-0.2, 0) is 22.4 Å². The minimum absolute atomic E-state index is 0. The van der Waals surface area contributed by atoms with Crippen molar-refractivity contribution in [3.63, 3.8) is 0 Å². The van der Waals surface area contributed by atoms with E-state index in [-0.39, 0.29) is 43.4 Å². The van der Waals surface area contributed by atoms with Crippen molar-refractivity contribution in [2.75, 3.05) is 26.7 Å². The number of primary amides is 1. The Hall–Kier alpha value is -1.99. The predicted molar refractivity (Wildman–Crippen MR) is 137 cm³/mol. The summed E-state index contributed by atoms with van der Waals surface area (Å²) in [6.07, 6.45) is 4.34. The number of amides is 2. The third kappa shape index (κ3) is 5.80. The molecule has 2 aromatic carbocycles. The van der Waals surface area contributed by atoms with Gasteiger partial charge in [-0.1, -0.05) is 41.4 Å². The first-order valence-electron chi connectivity index (χ1n) is 11.3. The van der Waals surface area contributed by atoms with E-state index in [0.29, 0.717) is 15.8 Å². The SMILES string of the molecule is CN(C(=O)Cc1ccc(Cl)c(Cl)c1)[C@H]1c2cccc(OCC(N)=O)c2CC[C@@H]1N1CCCC1.Cl. The van der Waals surface area contributed by atoms with Crippen LogP contribution >= 0.6 is 35.6 Å². The number of carbonyl (C=O) groups excluding carboxylic acids is 2. The molecular weight excluding hydrogens is 497 g/mol. The maximum Gasteiger partial charge on any atom is 0.255 e. The maximum atomic E-state index is 13.4. The zero-order valence-electron chi connectivity index (χ0n) is 19.1. The molecule has 34 heavy (non-hydrogen) atoms. The van der Waals surface area contributed by atoms with E-state index in [0.717, 1.165) is 42.6 Å². The summed E-state index contributed by atoms with van der Waals surface area (Å²) >= 11 is 12.2. The van der Waals surface area contributed by atoms with Crippen LogP contribution in [0.15, 0.2) is 36.4 Å². The number of carbonyl (C=O) groups is 2. The first-order chi connectivity index (χ1) is 15.8. The van der Waals surface area contributed by atoms with Crippen molar-refractivity contribution in [3.05, 3.63) is 63.1 Å². The molecule has 0 bridgehead atoms. The standard InChI is InChI=1S/C25H29Cl2N3O3.ClH/c1-29(24(32)14-16-7-9-19(26)20(27)13-16)25-18-5-4-6-22(33-15-23(28)31)17(18)8-10-21(25)30-11-2-3-12-30;/h4-7,9,13,21,25H,2-3,8,10-12,14-15H2,1H3,(H2,28,31);1H/t21-,25-;/m0./s1. The number of nitrogens with two attached hydrogens (primary N) is 1. The Balaban J connectivity index is 0.00000324. The third-order valence-corrected chi connectivity index (χ3v) is 7.41. The molecule has 0 aromatic heterocycles. The maximum absolute atomic E-state index is 13.4. The smallest absolute Gasteiger partial charge is 0.255 e. The van der Waals surface area contributed by atoms with Crippen LogP contribution in [0.3, 0.4) is 0 Å². The van der Waals surface area contributed by atoms with E-state index in [9.17, 15) is 9.59 Å². The molecule has 1 aliphatic carbocycles. The van der Waals surface area contributed by atoms with E-state index in [2.05, 4.69) is 11.0 Å². The highest BCUT2D eigenvalue weighted by Gasteiger charge is 2.39. The molecule has 9 heteroatoms. The number of halogens is 3. The molecule has 0 radical (unpaired) electrons. The van der Waals surface area contributed by atoms with E-state index in [1.165, 1.54) is 12.8 Å². The normalized spacial score (nSPS) is 19.7. The number of hydrogen-bond acceptors (Lipinski definition) is 4. The lowest BCUT2D eigenvalue weighted by molar-refractivity contribution is -0.133. The molecule has 2 atom stereocenters. The van der Waals surface area contributed by atoms with Gasteiger partial charge in [0.25, 0.3) is 5.91 Å². The second-order valence-corrected chi connectivity index (χ2v) is 9.62. The van der Waals surface area contributed by atoms with E-state index < -0.39 is 5.91 Å². The van der Waals surface area contributed by atoms with Gasteiger partial charge >= 0.3 is 0 Å². The lowest BCUT2D eigenvalue weighted by Gasteiger charge is -2.44. The quantitative estimate of drug-likeness (QED) is 0.579. The Morgan fingerprint density at radius 1 is 1.15 bits per heavy atom. The molecule has 1 aliphatic heterocycles. The van der Waals surface area contributed by atoms with Crippen molar-refractivity contribution in [1.29, 1.82) is 0 Å². The van der Waals surface area contributed by atoms with Gasteiger partial charge in [-0.2, -0.15) is 0 Å². The monoisotopic (exact) mass is 525 g/mol. The minimum atomic E-state index is -0.510. The molecule has 2 N–H and O–H groups in total. The number of nitrogens with zero attached hydrogens (tertiary/aromatic N) is 2. The van der Waals surface area contributed by atoms with Crippen LogP contribution in [0, 0.1) is 0 Å². The number of benzene rings is 2. The number of fused-ring (bicyclic) bond motifs is 1. The van der Waals surface area contributed by atoms with Gasteiger partial charge in [-0.3, -0.25) is 14.5 Å². The first kappa shape index (κ1) is 26.6. The van der Waals surface area contributed by atoms with Gasteiger partial charge in [0.2, 0.25) is 5.91 Å². The van der Waals surface area contributed by atoms with Crippen molar-refractivity contribution in [3.8, 4) is 5.75 Å². The average molecular weight is 527 g/mol. The van der Waals surface area contributed by atoms with Crippen LogP contribution in [0.25, 0.3) is 0 Å². The predicted octanol–water partition coefficient (Wildman–Crippen LogP) is 4.43. The van der Waals surface area contributed by atoms with Gasteiger partial charge in [-0.15, -0.1) is 12.4 Å². The molecule has 0 unspecified atom stereocenters. The Morgan fingerprint density at radius 3 is 2.56 bits per heavy atom. The van der Waals surface area contributed by atoms with E-state index in [4.69, 9.17) is 33.7 Å². The summed E-state index contributed by atoms with van der Waals surface area (Å²) in [7, 11) is 1.87. The molecule has 1 saturated heterocycles. The number of hydrogen-bond donors (Lipinski definition) is 1. The van der Waals surface area contributed by atoms with Crippen LogP contribution < -0.4 is 10.5 Å². The number of ether oxygens (including phenoxy) is 1. The summed E-state index contributed by atoms with van der Waals surface area (Å²) < 4.78 is 5.72. The molecule has 184 valence electrons. The second kappa shape index (κ2) is 11.6. The molecule has 1 fully saturated rings. The zero-order chi connectivity index (χ0) is 23.5. The molecule has 0 saturated carbocycles. The summed E-state index contributed by atoms with van der Waals surface area (Å²) in [5.41, 5.74) is 8.24. The lowest BCUT2D eigenvalue weighted by atomic mass is 9.81. The molecule has 2 aliphatic rings. The van der Waals surface area contributed by atoms with Gasteiger partial charge < -0.3 is 15.4 Å². The highest BCUT2D eigenvalue weighted by Crippen LogP contribution is 2.41. The number of likely N-dealkylation sites (tertiary alicyclic amines) is 1. The fourth-order valence-corrected chi connectivity index (χ4v) is 5.42. The molecule has 2 aromatic rings. The van der Waals surface area contributed by atoms with Crippen molar-refractivity contribution in [1.82, 2.24) is 9.80 Å². The van der Waals surface area contributed by atoms with Crippen molar-refractivity contribution < 1.29 is 14.3 Å². The molecular formula is C25H30Cl3N3O3. The van der Waals surface area contributed by atoms with Crippen LogP contribution in [0.5, 0.6) is 5.75 Å². The largest absolute Gasteiger partial charge is 0.483 e. The summed E-state index contributed by atoms with van der Waals surface area (Å²) in [4.78, 5) is 29.1. The molecule has 1 heterocycles. The van der Waals surface area contributed by atoms with Gasteiger partial charge in [0.1, 0.15) is 5.75 Å². The van der Waals surface area contributed by atoms with Crippen LogP contribution in [-0.4, -0.2) is 54.4 Å². The highest BCUT2D eigenvalue weighted by molar-refractivity contribution is 6.42. The Kier molecular flexibility index (Phi) is 9.10. The third-order valence-electron chi connectivity index (χ3n) is 6.67. The second-order valence-electron chi connectivity index (χ2n) is 8.80. The summed E-state index contributed by atoms with van der Waals surface area (Å²) in [6, 6.07) is 11.3. The minimum Gasteiger partial charge on any atom is -0.483 e. The van der Waals surface area contributed by atoms with E-state index >= 15 is 0 Å². The fourth-order valence-electron chi connectivity index (χ4n) is 5.10. The zero-order valence-corrected chi connectivity index (χ0v) is 21.5. The van der Waals surface area contributed by atoms with Gasteiger partial charge in [-0.05, 0) is 73.7 Å². The van der Waals surface area contributed by atoms with E-state index in [1.807, 2.05) is 30.1 Å². The molecule has 4 rings (SSSR count). The number of likely N-dealkylation sites (N-methyl/N-ethyl adjacent to an activating group) is 1. The van der Waals surface area contributed by atoms with Gasteiger partial charge in [-0.25, -0.2) is 0 Å². The van der Waals surface area contributed by atoms with Crippen molar-refractivity contribution in [2.24, 2.45) is 5.73 Å². The van der Waals surface area contributed by atoms with Crippen LogP contribution in [0.1, 0.15) is 42.0 Å². The molecule has 2 amide bonds. The Labute approximate surface area is 216 Å². The first-order valence-corrected chi connectivity index (χ1v) is 12.1. The molecule has 0 spiro atoms. The Bertz CT molecular complexity index is 1040. The topological polar surface area (TPSA) is 75.9 Å². The average Bonchev–Trinajstić information content (AvgIpc) is 3.33. The van der Waals surface area contributed by atoms with Gasteiger partial charge in [0.15, 0.2) is 6.61 Å².